The van der Waals surface area contributed by atoms with Gasteiger partial charge in [0.1, 0.15) is 0 Å². The zero-order valence-corrected chi connectivity index (χ0v) is 20.3. The van der Waals surface area contributed by atoms with Gasteiger partial charge in [-0.2, -0.15) is 12.6 Å². The van der Waals surface area contributed by atoms with E-state index in [4.69, 9.17) is 4.84 Å². The number of thioether (sulfide) groups is 1. The molecule has 0 spiro atoms. The third kappa shape index (κ3) is 4.49. The number of rotatable bonds is 7. The molecule has 7 heteroatoms. The van der Waals surface area contributed by atoms with Crippen molar-refractivity contribution in [2.75, 3.05) is 6.26 Å². The molecule has 4 aromatic rings. The lowest BCUT2D eigenvalue weighted by atomic mass is 9.92. The maximum atomic E-state index is 13.7. The van der Waals surface area contributed by atoms with E-state index in [0.717, 1.165) is 28.2 Å². The molecular formula is C27H21NO4S2. The Morgan fingerprint density at radius 2 is 1.32 bits per heavy atom. The van der Waals surface area contributed by atoms with E-state index in [2.05, 4.69) is 17.8 Å². The highest BCUT2D eigenvalue weighted by molar-refractivity contribution is 7.98. The molecule has 4 rings (SSSR count). The van der Waals surface area contributed by atoms with Gasteiger partial charge in [0.25, 0.3) is 0 Å². The van der Waals surface area contributed by atoms with Crippen LogP contribution in [0.3, 0.4) is 0 Å². The van der Waals surface area contributed by atoms with Gasteiger partial charge in [-0.15, -0.1) is 11.8 Å². The first-order valence-electron chi connectivity index (χ1n) is 10.5. The van der Waals surface area contributed by atoms with E-state index in [9.17, 15) is 14.4 Å². The minimum Gasteiger partial charge on any atom is -0.318 e. The number of benzene rings is 4. The Kier molecular flexibility index (Phi) is 7.14. The summed E-state index contributed by atoms with van der Waals surface area (Å²) in [5.74, 6) is -1.46. The van der Waals surface area contributed by atoms with Crippen molar-refractivity contribution in [1.82, 2.24) is 0 Å². The fourth-order valence-corrected chi connectivity index (χ4v) is 4.77. The lowest BCUT2D eigenvalue weighted by Gasteiger charge is -2.12. The predicted molar refractivity (Wildman–Crippen MR) is 140 cm³/mol. The molecule has 0 saturated carbocycles. The number of thiol groups is 1. The highest BCUT2D eigenvalue weighted by Gasteiger charge is 2.28. The Balaban J connectivity index is 1.88. The first-order valence-corrected chi connectivity index (χ1v) is 12.3. The molecule has 5 nitrogen and oxygen atoms in total. The van der Waals surface area contributed by atoms with Crippen molar-refractivity contribution < 1.29 is 19.2 Å². The van der Waals surface area contributed by atoms with Gasteiger partial charge in [0, 0.05) is 28.7 Å². The Bertz CT molecular complexity index is 1380. The number of carbonyl (C=O) groups is 3. The van der Waals surface area contributed by atoms with E-state index >= 15 is 0 Å². The molecular weight excluding hydrogens is 466 g/mol. The standard InChI is InChI=1S/C27H21NO4S2/c1-16(29)32-28-25(26(30)22-12-11-17(15-33)18-7-3-4-8-19(18)22)27(31)23-13-14-24(34-2)21-10-6-5-9-20(21)23/h3-14,33H,15H2,1-2H3. The molecule has 0 fully saturated rings. The summed E-state index contributed by atoms with van der Waals surface area (Å²) in [5.41, 5.74) is 1.11. The molecule has 0 aliphatic rings. The highest BCUT2D eigenvalue weighted by Crippen LogP contribution is 2.30. The number of hydrogen-bond donors (Lipinski definition) is 1. The van der Waals surface area contributed by atoms with Gasteiger partial charge in [-0.05, 0) is 45.5 Å². The van der Waals surface area contributed by atoms with Crippen LogP contribution in [-0.2, 0) is 15.4 Å². The number of fused-ring (bicyclic) bond motifs is 2. The fourth-order valence-electron chi connectivity index (χ4n) is 3.90. The van der Waals surface area contributed by atoms with Gasteiger partial charge in [-0.3, -0.25) is 9.59 Å². The molecule has 0 saturated heterocycles. The Hall–Kier alpha value is -3.42. The second-order valence-electron chi connectivity index (χ2n) is 7.52. The van der Waals surface area contributed by atoms with Crippen LogP contribution in [0.15, 0.2) is 82.8 Å². The van der Waals surface area contributed by atoms with Gasteiger partial charge in [-0.1, -0.05) is 65.8 Å². The molecule has 0 unspecified atom stereocenters. The summed E-state index contributed by atoms with van der Waals surface area (Å²) < 4.78 is 0. The van der Waals surface area contributed by atoms with E-state index in [1.165, 1.54) is 0 Å². The Morgan fingerprint density at radius 1 is 0.794 bits per heavy atom. The molecule has 0 atom stereocenters. The van der Waals surface area contributed by atoms with Crippen molar-refractivity contribution in [2.24, 2.45) is 5.16 Å². The van der Waals surface area contributed by atoms with Gasteiger partial charge in [0.05, 0.1) is 0 Å². The molecule has 0 radical (unpaired) electrons. The largest absolute Gasteiger partial charge is 0.332 e. The maximum Gasteiger partial charge on any atom is 0.332 e. The molecule has 0 aliphatic carbocycles. The van der Waals surface area contributed by atoms with Crippen LogP contribution in [0, 0.1) is 0 Å². The van der Waals surface area contributed by atoms with Gasteiger partial charge in [-0.25, -0.2) is 4.79 Å². The van der Waals surface area contributed by atoms with Crippen molar-refractivity contribution in [3.8, 4) is 0 Å². The zero-order chi connectivity index (χ0) is 24.2. The predicted octanol–water partition coefficient (Wildman–Crippen LogP) is 6.13. The molecule has 0 amide bonds. The monoisotopic (exact) mass is 487 g/mol. The summed E-state index contributed by atoms with van der Waals surface area (Å²) in [6.07, 6.45) is 1.96. The first kappa shape index (κ1) is 23.7. The van der Waals surface area contributed by atoms with Gasteiger partial charge in [0.15, 0.2) is 5.71 Å². The number of Topliss-reactive ketones (excluding diaryl/α,β-unsaturated/α-hetero) is 2. The van der Waals surface area contributed by atoms with Crippen molar-refractivity contribution in [3.05, 3.63) is 89.5 Å². The average Bonchev–Trinajstić information content (AvgIpc) is 2.87. The fraction of sp³-hybridized carbons (Fsp3) is 0.111. The van der Waals surface area contributed by atoms with Crippen LogP contribution >= 0.6 is 24.4 Å². The van der Waals surface area contributed by atoms with Crippen molar-refractivity contribution >= 4 is 69.2 Å². The van der Waals surface area contributed by atoms with E-state index in [1.807, 2.05) is 60.9 Å². The van der Waals surface area contributed by atoms with Crippen LogP contribution in [-0.4, -0.2) is 29.5 Å². The normalized spacial score (nSPS) is 11.6. The summed E-state index contributed by atoms with van der Waals surface area (Å²) in [7, 11) is 0. The number of ketones is 2. The smallest absolute Gasteiger partial charge is 0.318 e. The summed E-state index contributed by atoms with van der Waals surface area (Å²) in [6.45, 7) is 1.16. The lowest BCUT2D eigenvalue weighted by molar-refractivity contribution is -0.140. The zero-order valence-electron chi connectivity index (χ0n) is 18.6. The molecule has 170 valence electrons. The van der Waals surface area contributed by atoms with E-state index in [0.29, 0.717) is 27.7 Å². The van der Waals surface area contributed by atoms with Crippen LogP contribution in [0.4, 0.5) is 0 Å². The molecule has 0 heterocycles. The van der Waals surface area contributed by atoms with Crippen molar-refractivity contribution in [3.63, 3.8) is 0 Å². The summed E-state index contributed by atoms with van der Waals surface area (Å²) in [4.78, 5) is 44.7. The minimum atomic E-state index is -0.726. The van der Waals surface area contributed by atoms with Gasteiger partial charge < -0.3 is 4.84 Å². The van der Waals surface area contributed by atoms with Gasteiger partial charge >= 0.3 is 5.97 Å². The summed E-state index contributed by atoms with van der Waals surface area (Å²) in [6, 6.07) is 21.9. The molecule has 0 bridgehead atoms. The molecule has 0 N–H and O–H groups in total. The first-order chi connectivity index (χ1) is 16.5. The van der Waals surface area contributed by atoms with Crippen LogP contribution in [0.2, 0.25) is 0 Å². The second kappa shape index (κ2) is 10.2. The third-order valence-corrected chi connectivity index (χ3v) is 6.61. The SMILES string of the molecule is CSc1ccc(C(=O)C(=NOC(C)=O)C(=O)c2ccc(CS)c3ccccc23)c2ccccc12. The maximum absolute atomic E-state index is 13.7. The second-order valence-corrected chi connectivity index (χ2v) is 8.68. The van der Waals surface area contributed by atoms with Crippen LogP contribution in [0.1, 0.15) is 33.2 Å². The number of hydrogen-bond acceptors (Lipinski definition) is 7. The molecule has 4 aromatic carbocycles. The summed E-state index contributed by atoms with van der Waals surface area (Å²) >= 11 is 5.94. The van der Waals surface area contributed by atoms with Crippen LogP contribution < -0.4 is 0 Å². The third-order valence-electron chi connectivity index (χ3n) is 5.47. The topological polar surface area (TPSA) is 72.8 Å². The highest BCUT2D eigenvalue weighted by atomic mass is 32.2. The average molecular weight is 488 g/mol. The van der Waals surface area contributed by atoms with Crippen LogP contribution in [0.5, 0.6) is 0 Å². The lowest BCUT2D eigenvalue weighted by Crippen LogP contribution is -2.26. The number of nitrogens with zero attached hydrogens (tertiary/aromatic N) is 1. The molecule has 34 heavy (non-hydrogen) atoms. The Morgan fingerprint density at radius 3 is 1.88 bits per heavy atom. The van der Waals surface area contributed by atoms with Crippen molar-refractivity contribution in [1.29, 1.82) is 0 Å². The number of oxime groups is 1. The summed E-state index contributed by atoms with van der Waals surface area (Å²) in [5, 5.41) is 6.84. The van der Waals surface area contributed by atoms with E-state index < -0.39 is 23.2 Å². The van der Waals surface area contributed by atoms with E-state index in [-0.39, 0.29) is 0 Å². The minimum absolute atomic E-state index is 0.297. The van der Waals surface area contributed by atoms with E-state index in [1.54, 1.807) is 30.0 Å². The number of carbonyl (C=O) groups excluding carboxylic acids is 3. The quantitative estimate of drug-likeness (QED) is 0.0646. The molecule has 0 aliphatic heterocycles. The Labute approximate surface area is 206 Å². The molecule has 0 aromatic heterocycles. The van der Waals surface area contributed by atoms with Crippen LogP contribution in [0.25, 0.3) is 21.5 Å². The van der Waals surface area contributed by atoms with Crippen molar-refractivity contribution in [2.45, 2.75) is 17.6 Å². The van der Waals surface area contributed by atoms with Gasteiger partial charge in [0.2, 0.25) is 11.6 Å².